The molecule has 14 aromatic rings. The molecule has 0 amide bonds. The second kappa shape index (κ2) is 22.2. The minimum Gasteiger partial charge on any atom is -0.310 e. The van der Waals surface area contributed by atoms with Crippen molar-refractivity contribution < 1.29 is 4.90 Å². The highest BCUT2D eigenvalue weighted by molar-refractivity contribution is 6.22. The maximum absolute atomic E-state index is 2.50. The normalized spacial score (nSPS) is 14.3. The zero-order valence-electron chi connectivity index (χ0n) is 51.0. The van der Waals surface area contributed by atoms with E-state index in [1.165, 1.54) is 155 Å². The molecule has 1 aliphatic heterocycles. The third kappa shape index (κ3) is 9.13. The Labute approximate surface area is 533 Å². The summed E-state index contributed by atoms with van der Waals surface area (Å²) in [5.41, 5.74) is 32.2. The van der Waals surface area contributed by atoms with Crippen LogP contribution in [-0.2, 0) is 5.41 Å². The van der Waals surface area contributed by atoms with Crippen molar-refractivity contribution in [2.24, 2.45) is 0 Å². The first-order valence-electron chi connectivity index (χ1n) is 32.0. The first kappa shape index (κ1) is 54.0. The van der Waals surface area contributed by atoms with Gasteiger partial charge < -0.3 is 4.90 Å². The molecule has 3 aliphatic rings. The molecule has 0 fully saturated rings. The van der Waals surface area contributed by atoms with E-state index >= 15 is 0 Å². The molecule has 0 aromatic heterocycles. The fourth-order valence-corrected chi connectivity index (χ4v) is 15.4. The lowest BCUT2D eigenvalue weighted by molar-refractivity contribution is -0.677. The average molecular weight is 1160 g/mol. The monoisotopic (exact) mass is 1160 g/mol. The third-order valence-electron chi connectivity index (χ3n) is 19.6. The molecule has 2 aliphatic carbocycles. The van der Waals surface area contributed by atoms with Crippen molar-refractivity contribution in [1.29, 1.82) is 0 Å². The average Bonchev–Trinajstić information content (AvgIpc) is 1.70. The summed E-state index contributed by atoms with van der Waals surface area (Å²) in [4.78, 5) is 3.70. The molecule has 430 valence electrons. The summed E-state index contributed by atoms with van der Waals surface area (Å²) < 4.78 is 0. The quantitative estimate of drug-likeness (QED) is 0.127. The SMILES string of the molecule is CC1(C)c2cc(-c3c4ccccc4c(-c4ccccc4-c4ccccc4)c4ccccc34)ccc2-c2ccc(N(c3ccccc3)c3ccc([NH+]4c5ccc(C6=C(c7ccccc7)C=CCC6)cc5-c5cc(-c6ccccc6-c6ccccc6)ccc54)cc3)cc21. The standard InChI is InChI=1S/C89H64N2/c1-89(2)83-57-64(87-77-39-21-23-41-79(77)88(80-42-24-22-40-78(80)87)76-38-20-19-35-71(76)61-29-11-5-12-30-61)43-51-74(83)75-52-50-68(58-84(75)89)90(65-31-13-6-14-32-65)66-46-48-67(49-47-66)91-85-53-44-62(72-36-17-15-33-69(72)59-25-7-3-8-26-59)55-81(85)82-56-63(45-54-86(82)91)73-37-18-16-34-70(73)60-27-9-4-10-28-60/h3-17,19-36,38-58H,18,37H2,1-2H3/p+1. The van der Waals surface area contributed by atoms with Crippen LogP contribution in [0.1, 0.15) is 48.9 Å². The molecule has 0 saturated heterocycles. The molecule has 0 bridgehead atoms. The molecule has 17 rings (SSSR count). The predicted octanol–water partition coefficient (Wildman–Crippen LogP) is 23.5. The van der Waals surface area contributed by atoms with Crippen molar-refractivity contribution in [2.45, 2.75) is 32.1 Å². The van der Waals surface area contributed by atoms with Gasteiger partial charge in [-0.2, -0.15) is 0 Å². The molecule has 1 unspecified atom stereocenters. The highest BCUT2D eigenvalue weighted by Gasteiger charge is 2.38. The lowest BCUT2D eigenvalue weighted by Crippen LogP contribution is -2.95. The molecule has 0 saturated carbocycles. The summed E-state index contributed by atoms with van der Waals surface area (Å²) in [5.74, 6) is 0. The lowest BCUT2D eigenvalue weighted by atomic mass is 9.80. The van der Waals surface area contributed by atoms with Crippen molar-refractivity contribution in [3.8, 4) is 77.9 Å². The van der Waals surface area contributed by atoms with Crippen LogP contribution in [0.15, 0.2) is 328 Å². The van der Waals surface area contributed by atoms with Crippen LogP contribution in [0, 0.1) is 0 Å². The molecule has 0 radical (unpaired) electrons. The lowest BCUT2D eigenvalue weighted by Gasteiger charge is -2.28. The van der Waals surface area contributed by atoms with E-state index in [9.17, 15) is 0 Å². The second-order valence-electron chi connectivity index (χ2n) is 25.1. The molecule has 2 heteroatoms. The van der Waals surface area contributed by atoms with Crippen LogP contribution in [0.25, 0.3) is 111 Å². The fourth-order valence-electron chi connectivity index (χ4n) is 15.4. The molecule has 1 atom stereocenters. The van der Waals surface area contributed by atoms with E-state index in [-0.39, 0.29) is 5.41 Å². The minimum absolute atomic E-state index is 0.292. The van der Waals surface area contributed by atoms with E-state index in [1.807, 2.05) is 0 Å². The van der Waals surface area contributed by atoms with Crippen molar-refractivity contribution >= 4 is 66.8 Å². The number of allylic oxidation sites excluding steroid dienone is 4. The van der Waals surface area contributed by atoms with Gasteiger partial charge in [0.1, 0.15) is 17.1 Å². The largest absolute Gasteiger partial charge is 0.310 e. The van der Waals surface area contributed by atoms with Gasteiger partial charge in [-0.15, -0.1) is 0 Å². The van der Waals surface area contributed by atoms with Gasteiger partial charge in [0.05, 0.1) is 11.1 Å². The number of nitrogens with zero attached hydrogens (tertiary/aromatic N) is 1. The summed E-state index contributed by atoms with van der Waals surface area (Å²) in [6.45, 7) is 4.83. The molecule has 14 aromatic carbocycles. The van der Waals surface area contributed by atoms with Crippen LogP contribution >= 0.6 is 0 Å². The summed E-state index contributed by atoms with van der Waals surface area (Å²) in [6.07, 6.45) is 6.69. The number of para-hydroxylation sites is 1. The number of benzene rings is 14. The second-order valence-corrected chi connectivity index (χ2v) is 25.1. The Balaban J connectivity index is 0.748. The Morgan fingerprint density at radius 2 is 0.747 bits per heavy atom. The fraction of sp³-hybridized carbons (Fsp3) is 0.0562. The van der Waals surface area contributed by atoms with Gasteiger partial charge in [0.2, 0.25) is 0 Å². The smallest absolute Gasteiger partial charge is 0.149 e. The predicted molar refractivity (Wildman–Crippen MR) is 384 cm³/mol. The first-order chi connectivity index (χ1) is 44.9. The van der Waals surface area contributed by atoms with Crippen molar-refractivity contribution in [1.82, 2.24) is 0 Å². The van der Waals surface area contributed by atoms with E-state index < -0.39 is 0 Å². The molecule has 1 N–H and O–H groups in total. The number of hydrogen-bond donors (Lipinski definition) is 1. The number of fused-ring (bicyclic) bond motifs is 8. The Morgan fingerprint density at radius 1 is 0.308 bits per heavy atom. The maximum atomic E-state index is 2.50. The van der Waals surface area contributed by atoms with Gasteiger partial charge in [0.25, 0.3) is 0 Å². The van der Waals surface area contributed by atoms with Crippen LogP contribution in [0.2, 0.25) is 0 Å². The molecular formula is C89H65N2+. The number of nitrogens with one attached hydrogen (secondary N) is 1. The van der Waals surface area contributed by atoms with E-state index in [1.54, 1.807) is 0 Å². The highest BCUT2D eigenvalue weighted by atomic mass is 15.2. The molecular weight excluding hydrogens is 1100 g/mol. The van der Waals surface area contributed by atoms with Crippen molar-refractivity contribution in [3.05, 3.63) is 350 Å². The highest BCUT2D eigenvalue weighted by Crippen LogP contribution is 2.54. The minimum atomic E-state index is -0.292. The summed E-state index contributed by atoms with van der Waals surface area (Å²) in [7, 11) is 0. The van der Waals surface area contributed by atoms with E-state index in [4.69, 9.17) is 0 Å². The maximum Gasteiger partial charge on any atom is 0.149 e. The van der Waals surface area contributed by atoms with Gasteiger partial charge in [0, 0.05) is 46.7 Å². The van der Waals surface area contributed by atoms with Gasteiger partial charge >= 0.3 is 0 Å². The van der Waals surface area contributed by atoms with Gasteiger partial charge in [-0.3, -0.25) is 0 Å². The topological polar surface area (TPSA) is 7.68 Å². The molecule has 1 heterocycles. The van der Waals surface area contributed by atoms with Gasteiger partial charge in [-0.1, -0.05) is 250 Å². The van der Waals surface area contributed by atoms with Crippen LogP contribution < -0.4 is 9.80 Å². The molecule has 0 spiro atoms. The molecule has 91 heavy (non-hydrogen) atoms. The van der Waals surface area contributed by atoms with E-state index in [2.05, 4.69) is 346 Å². The first-order valence-corrected chi connectivity index (χ1v) is 32.0. The Bertz CT molecular complexity index is 5170. The number of rotatable bonds is 11. The number of anilines is 3. The van der Waals surface area contributed by atoms with Crippen LogP contribution in [-0.4, -0.2) is 0 Å². The Kier molecular flexibility index (Phi) is 13.2. The summed E-state index contributed by atoms with van der Waals surface area (Å²) in [5, 5.41) is 5.02. The van der Waals surface area contributed by atoms with Gasteiger partial charge in [0.15, 0.2) is 0 Å². The van der Waals surface area contributed by atoms with Crippen LogP contribution in [0.5, 0.6) is 0 Å². The zero-order chi connectivity index (χ0) is 60.6. The van der Waals surface area contributed by atoms with Crippen LogP contribution in [0.3, 0.4) is 0 Å². The summed E-state index contributed by atoms with van der Waals surface area (Å²) in [6, 6.07) is 117. The van der Waals surface area contributed by atoms with Gasteiger partial charge in [-0.25, -0.2) is 4.90 Å². The van der Waals surface area contributed by atoms with Crippen molar-refractivity contribution in [2.75, 3.05) is 4.90 Å². The van der Waals surface area contributed by atoms with Gasteiger partial charge in [-0.05, 0) is 201 Å². The van der Waals surface area contributed by atoms with Crippen molar-refractivity contribution in [3.63, 3.8) is 0 Å². The number of hydrogen-bond acceptors (Lipinski definition) is 1. The number of quaternary nitrogens is 1. The zero-order valence-corrected chi connectivity index (χ0v) is 51.0. The molecule has 2 nitrogen and oxygen atoms in total. The van der Waals surface area contributed by atoms with E-state index in [0.717, 1.165) is 29.9 Å². The van der Waals surface area contributed by atoms with Crippen LogP contribution in [0.4, 0.5) is 34.1 Å². The van der Waals surface area contributed by atoms with E-state index in [0.29, 0.717) is 0 Å². The Morgan fingerprint density at radius 3 is 1.35 bits per heavy atom. The summed E-state index contributed by atoms with van der Waals surface area (Å²) >= 11 is 0. The third-order valence-corrected chi connectivity index (χ3v) is 19.6. The Hall–Kier alpha value is -11.2.